The molecule has 1 atom stereocenters. The first-order valence-corrected chi connectivity index (χ1v) is 8.33. The molecule has 1 saturated carbocycles. The summed E-state index contributed by atoms with van der Waals surface area (Å²) in [6.07, 6.45) is 5.84. The second-order valence-electron chi connectivity index (χ2n) is 6.11. The average molecular weight is 294 g/mol. The number of aromatic nitrogens is 2. The van der Waals surface area contributed by atoms with Gasteiger partial charge in [-0.2, -0.15) is 0 Å². The first-order chi connectivity index (χ1) is 9.63. The minimum atomic E-state index is -0.0121. The smallest absolute Gasteiger partial charge is 0.323 e. The molecular weight excluding hydrogens is 272 g/mol. The Hall–Kier alpha value is -1.17. The fourth-order valence-electron chi connectivity index (χ4n) is 3.34. The van der Waals surface area contributed by atoms with Crippen LogP contribution in [0.4, 0.5) is 9.93 Å². The second kappa shape index (κ2) is 5.31. The van der Waals surface area contributed by atoms with Gasteiger partial charge in [-0.25, -0.2) is 4.79 Å². The summed E-state index contributed by atoms with van der Waals surface area (Å²) < 4.78 is 0. The lowest BCUT2D eigenvalue weighted by atomic mass is 9.59. The van der Waals surface area contributed by atoms with Crippen LogP contribution in [0.15, 0.2) is 0 Å². The van der Waals surface area contributed by atoms with E-state index >= 15 is 0 Å². The quantitative estimate of drug-likeness (QED) is 0.911. The summed E-state index contributed by atoms with van der Waals surface area (Å²) in [4.78, 5) is 14.3. The summed E-state index contributed by atoms with van der Waals surface area (Å²) in [6, 6.07) is -0.0121. The first-order valence-electron chi connectivity index (χ1n) is 7.51. The number of hydrogen-bond acceptors (Lipinski definition) is 4. The lowest BCUT2D eigenvalue weighted by Crippen LogP contribution is -2.54. The van der Waals surface area contributed by atoms with Crippen molar-refractivity contribution in [2.75, 3.05) is 18.4 Å². The Labute approximate surface area is 123 Å². The Morgan fingerprint density at radius 3 is 2.90 bits per heavy atom. The van der Waals surface area contributed by atoms with E-state index in [1.165, 1.54) is 30.6 Å². The van der Waals surface area contributed by atoms with Gasteiger partial charge in [0.2, 0.25) is 5.13 Å². The van der Waals surface area contributed by atoms with E-state index in [1.807, 2.05) is 11.8 Å². The van der Waals surface area contributed by atoms with E-state index in [0.29, 0.717) is 10.5 Å². The van der Waals surface area contributed by atoms with Crippen LogP contribution < -0.4 is 5.32 Å². The van der Waals surface area contributed by atoms with Gasteiger partial charge in [0.05, 0.1) is 0 Å². The highest BCUT2D eigenvalue weighted by Crippen LogP contribution is 2.50. The molecule has 5 nitrogen and oxygen atoms in total. The minimum Gasteiger partial charge on any atom is -0.324 e. The van der Waals surface area contributed by atoms with Gasteiger partial charge in [-0.15, -0.1) is 10.2 Å². The SMILES string of the molecule is CCc1nnc(NC(=O)N2CCC(C)C3(CCC3)C2)s1. The van der Waals surface area contributed by atoms with Crippen molar-refractivity contribution in [2.45, 2.75) is 46.0 Å². The summed E-state index contributed by atoms with van der Waals surface area (Å²) in [6.45, 7) is 6.14. The van der Waals surface area contributed by atoms with Crippen LogP contribution in [0.3, 0.4) is 0 Å². The van der Waals surface area contributed by atoms with Crippen molar-refractivity contribution in [2.24, 2.45) is 11.3 Å². The molecule has 1 spiro atoms. The van der Waals surface area contributed by atoms with Crippen molar-refractivity contribution in [1.82, 2.24) is 15.1 Å². The van der Waals surface area contributed by atoms with Gasteiger partial charge < -0.3 is 4.90 Å². The molecule has 6 heteroatoms. The standard InChI is InChI=1S/C14H22N4OS/c1-3-11-16-17-12(20-11)15-13(19)18-8-5-10(2)14(9-18)6-4-7-14/h10H,3-9H2,1-2H3,(H,15,17,19). The molecule has 20 heavy (non-hydrogen) atoms. The Kier molecular flexibility index (Phi) is 3.67. The molecule has 2 fully saturated rings. The molecule has 2 aliphatic rings. The molecule has 1 aromatic heterocycles. The van der Waals surface area contributed by atoms with Crippen molar-refractivity contribution in [3.63, 3.8) is 0 Å². The van der Waals surface area contributed by atoms with Crippen molar-refractivity contribution < 1.29 is 4.79 Å². The van der Waals surface area contributed by atoms with Crippen LogP contribution >= 0.6 is 11.3 Å². The number of carbonyl (C=O) groups is 1. The Morgan fingerprint density at radius 2 is 2.30 bits per heavy atom. The number of nitrogens with one attached hydrogen (secondary N) is 1. The highest BCUT2D eigenvalue weighted by Gasteiger charge is 2.46. The van der Waals surface area contributed by atoms with Crippen molar-refractivity contribution in [3.05, 3.63) is 5.01 Å². The van der Waals surface area contributed by atoms with E-state index in [-0.39, 0.29) is 6.03 Å². The third-order valence-electron chi connectivity index (χ3n) is 5.00. The van der Waals surface area contributed by atoms with Crippen LogP contribution in [0.1, 0.15) is 44.5 Å². The fraction of sp³-hybridized carbons (Fsp3) is 0.786. The molecule has 2 amide bonds. The summed E-state index contributed by atoms with van der Waals surface area (Å²) >= 11 is 1.46. The summed E-state index contributed by atoms with van der Waals surface area (Å²) in [5, 5.41) is 12.5. The number of urea groups is 1. The maximum Gasteiger partial charge on any atom is 0.323 e. The number of carbonyl (C=O) groups excluding carboxylic acids is 1. The zero-order valence-corrected chi connectivity index (χ0v) is 13.0. The number of rotatable bonds is 2. The molecule has 1 aromatic rings. The monoisotopic (exact) mass is 294 g/mol. The van der Waals surface area contributed by atoms with Crippen molar-refractivity contribution in [3.8, 4) is 0 Å². The molecule has 0 aromatic carbocycles. The third-order valence-corrected chi connectivity index (χ3v) is 5.99. The number of amides is 2. The summed E-state index contributed by atoms with van der Waals surface area (Å²) in [5.41, 5.74) is 0.394. The predicted octanol–water partition coefficient (Wildman–Crippen LogP) is 3.14. The van der Waals surface area contributed by atoms with Crippen LogP contribution in [0.5, 0.6) is 0 Å². The molecule has 1 aliphatic carbocycles. The Morgan fingerprint density at radius 1 is 1.50 bits per heavy atom. The summed E-state index contributed by atoms with van der Waals surface area (Å²) in [7, 11) is 0. The minimum absolute atomic E-state index is 0.0121. The van der Waals surface area contributed by atoms with E-state index in [2.05, 4.69) is 22.4 Å². The maximum absolute atomic E-state index is 12.4. The molecule has 1 unspecified atom stereocenters. The largest absolute Gasteiger partial charge is 0.324 e. The number of aryl methyl sites for hydroxylation is 1. The molecule has 110 valence electrons. The number of nitrogens with zero attached hydrogens (tertiary/aromatic N) is 3. The van der Waals surface area contributed by atoms with Gasteiger partial charge in [-0.3, -0.25) is 5.32 Å². The molecule has 0 radical (unpaired) electrons. The normalized spacial score (nSPS) is 24.5. The average Bonchev–Trinajstić information content (AvgIpc) is 2.85. The van der Waals surface area contributed by atoms with E-state index < -0.39 is 0 Å². The van der Waals surface area contributed by atoms with E-state index in [9.17, 15) is 4.79 Å². The van der Waals surface area contributed by atoms with Crippen LogP contribution in [0.25, 0.3) is 0 Å². The van der Waals surface area contributed by atoms with E-state index in [1.54, 1.807) is 0 Å². The zero-order valence-electron chi connectivity index (χ0n) is 12.2. The van der Waals surface area contributed by atoms with Gasteiger partial charge in [0.25, 0.3) is 0 Å². The van der Waals surface area contributed by atoms with Gasteiger partial charge in [-0.1, -0.05) is 31.6 Å². The third kappa shape index (κ3) is 2.41. The van der Waals surface area contributed by atoms with Crippen molar-refractivity contribution in [1.29, 1.82) is 0 Å². The number of hydrogen-bond donors (Lipinski definition) is 1. The van der Waals surface area contributed by atoms with Gasteiger partial charge in [-0.05, 0) is 37.0 Å². The molecule has 0 bridgehead atoms. The number of piperidine rings is 1. The molecule has 3 rings (SSSR count). The van der Waals surface area contributed by atoms with Gasteiger partial charge in [0.15, 0.2) is 0 Å². The van der Waals surface area contributed by atoms with Crippen LogP contribution in [0, 0.1) is 11.3 Å². The number of anilines is 1. The van der Waals surface area contributed by atoms with Crippen LogP contribution in [-0.2, 0) is 6.42 Å². The summed E-state index contributed by atoms with van der Waals surface area (Å²) in [5.74, 6) is 0.744. The molecule has 1 N–H and O–H groups in total. The molecular formula is C14H22N4OS. The first kappa shape index (κ1) is 13.8. The second-order valence-corrected chi connectivity index (χ2v) is 7.17. The van der Waals surface area contributed by atoms with Gasteiger partial charge in [0, 0.05) is 13.1 Å². The Bertz CT molecular complexity index is 497. The lowest BCUT2D eigenvalue weighted by molar-refractivity contribution is -0.0108. The molecule has 2 heterocycles. The lowest BCUT2D eigenvalue weighted by Gasteiger charge is -2.52. The Balaban J connectivity index is 1.62. The van der Waals surface area contributed by atoms with Gasteiger partial charge in [0.1, 0.15) is 5.01 Å². The molecule has 1 saturated heterocycles. The number of likely N-dealkylation sites (tertiary alicyclic amines) is 1. The highest BCUT2D eigenvalue weighted by atomic mass is 32.1. The predicted molar refractivity (Wildman–Crippen MR) is 79.9 cm³/mol. The fourth-order valence-corrected chi connectivity index (χ4v) is 4.01. The maximum atomic E-state index is 12.4. The van der Waals surface area contributed by atoms with Gasteiger partial charge >= 0.3 is 6.03 Å². The van der Waals surface area contributed by atoms with E-state index in [0.717, 1.165) is 36.9 Å². The molecule has 1 aliphatic heterocycles. The van der Waals surface area contributed by atoms with E-state index in [4.69, 9.17) is 0 Å². The topological polar surface area (TPSA) is 58.1 Å². The van der Waals surface area contributed by atoms with Crippen LogP contribution in [0.2, 0.25) is 0 Å². The van der Waals surface area contributed by atoms with Crippen LogP contribution in [-0.4, -0.2) is 34.2 Å². The highest BCUT2D eigenvalue weighted by molar-refractivity contribution is 7.15. The zero-order chi connectivity index (χ0) is 14.2. The van der Waals surface area contributed by atoms with Crippen molar-refractivity contribution >= 4 is 22.5 Å².